The van der Waals surface area contributed by atoms with Gasteiger partial charge in [-0.05, 0) is 20.9 Å². The van der Waals surface area contributed by atoms with Crippen LogP contribution in [0.1, 0.15) is 36.4 Å². The monoisotopic (exact) mass is 281 g/mol. The number of thiazole rings is 1. The van der Waals surface area contributed by atoms with Crippen molar-refractivity contribution in [1.82, 2.24) is 15.0 Å². The minimum Gasteiger partial charge on any atom is -0.372 e. The molecule has 0 aromatic carbocycles. The third-order valence-corrected chi connectivity index (χ3v) is 3.74. The van der Waals surface area contributed by atoms with E-state index in [1.54, 1.807) is 17.5 Å². The van der Waals surface area contributed by atoms with E-state index in [-0.39, 0.29) is 6.10 Å². The van der Waals surface area contributed by atoms with Crippen LogP contribution < -0.4 is 0 Å². The predicted octanol–water partition coefficient (Wildman–Crippen LogP) is 2.86. The molecule has 104 valence electrons. The van der Waals surface area contributed by atoms with E-state index in [2.05, 4.69) is 20.4 Å². The summed E-state index contributed by atoms with van der Waals surface area (Å²) in [5.74, 6) is 0.862. The molecule has 0 bridgehead atoms. The molecule has 0 radical (unpaired) electrons. The molecular formula is C13H19N3O2S. The fraction of sp³-hybridized carbons (Fsp3) is 0.538. The van der Waals surface area contributed by atoms with Crippen molar-refractivity contribution in [2.45, 2.75) is 33.0 Å². The Morgan fingerprint density at radius 3 is 3.00 bits per heavy atom. The Labute approximate surface area is 117 Å². The normalized spacial score (nSPS) is 13.1. The lowest BCUT2D eigenvalue weighted by atomic mass is 10.3. The highest BCUT2D eigenvalue weighted by Gasteiger charge is 2.12. The van der Waals surface area contributed by atoms with Gasteiger partial charge in [0.05, 0.1) is 18.4 Å². The summed E-state index contributed by atoms with van der Waals surface area (Å²) in [5.41, 5.74) is 1.06. The largest absolute Gasteiger partial charge is 0.372 e. The molecule has 5 nitrogen and oxygen atoms in total. The van der Waals surface area contributed by atoms with Gasteiger partial charge in [0.25, 0.3) is 0 Å². The SMILES string of the molecule is CCOC(C)c1nc(CN(C)Cc2ccno2)cs1. The van der Waals surface area contributed by atoms with Gasteiger partial charge in [0.1, 0.15) is 11.1 Å². The summed E-state index contributed by atoms with van der Waals surface area (Å²) in [6.07, 6.45) is 1.73. The summed E-state index contributed by atoms with van der Waals surface area (Å²) in [6.45, 7) is 6.26. The lowest BCUT2D eigenvalue weighted by molar-refractivity contribution is 0.0760. The molecule has 1 atom stereocenters. The summed E-state index contributed by atoms with van der Waals surface area (Å²) < 4.78 is 10.6. The first-order valence-corrected chi connectivity index (χ1v) is 7.21. The zero-order valence-corrected chi connectivity index (χ0v) is 12.3. The highest BCUT2D eigenvalue weighted by atomic mass is 32.1. The maximum atomic E-state index is 5.54. The van der Waals surface area contributed by atoms with Crippen LogP contribution in [-0.4, -0.2) is 28.7 Å². The van der Waals surface area contributed by atoms with E-state index in [9.17, 15) is 0 Å². The second kappa shape index (κ2) is 6.79. The molecule has 0 aliphatic rings. The molecule has 0 aliphatic heterocycles. The van der Waals surface area contributed by atoms with Gasteiger partial charge in [-0.25, -0.2) is 4.98 Å². The van der Waals surface area contributed by atoms with Gasteiger partial charge in [-0.2, -0.15) is 0 Å². The molecule has 0 spiro atoms. The van der Waals surface area contributed by atoms with Crippen molar-refractivity contribution in [3.05, 3.63) is 34.1 Å². The van der Waals surface area contributed by atoms with Crippen LogP contribution in [0.4, 0.5) is 0 Å². The van der Waals surface area contributed by atoms with Crippen molar-refractivity contribution >= 4 is 11.3 Å². The molecule has 0 amide bonds. The third kappa shape index (κ3) is 4.12. The Kier molecular flexibility index (Phi) is 5.07. The average Bonchev–Trinajstić information content (AvgIpc) is 3.00. The van der Waals surface area contributed by atoms with Gasteiger partial charge in [0.15, 0.2) is 5.76 Å². The molecule has 2 aromatic heterocycles. The molecule has 0 saturated heterocycles. The number of rotatable bonds is 7. The number of aromatic nitrogens is 2. The van der Waals surface area contributed by atoms with Crippen LogP contribution in [0.3, 0.4) is 0 Å². The average molecular weight is 281 g/mol. The standard InChI is InChI=1S/C13H19N3O2S/c1-4-17-10(2)13-15-11(9-19-13)7-16(3)8-12-5-6-14-18-12/h5-6,9-10H,4,7-8H2,1-3H3. The third-order valence-electron chi connectivity index (χ3n) is 2.68. The highest BCUT2D eigenvalue weighted by molar-refractivity contribution is 7.09. The first-order valence-electron chi connectivity index (χ1n) is 6.33. The molecule has 0 fully saturated rings. The number of ether oxygens (including phenoxy) is 1. The maximum absolute atomic E-state index is 5.54. The van der Waals surface area contributed by atoms with Crippen LogP contribution >= 0.6 is 11.3 Å². The number of hydrogen-bond acceptors (Lipinski definition) is 6. The minimum atomic E-state index is 0.0725. The van der Waals surface area contributed by atoms with E-state index in [1.165, 1.54) is 0 Å². The number of nitrogens with zero attached hydrogens (tertiary/aromatic N) is 3. The Bertz CT molecular complexity index is 484. The van der Waals surface area contributed by atoms with Crippen LogP contribution in [0.25, 0.3) is 0 Å². The number of hydrogen-bond donors (Lipinski definition) is 0. The molecule has 19 heavy (non-hydrogen) atoms. The summed E-state index contributed by atoms with van der Waals surface area (Å²) in [6, 6.07) is 1.88. The van der Waals surface area contributed by atoms with Crippen molar-refractivity contribution in [3.63, 3.8) is 0 Å². The minimum absolute atomic E-state index is 0.0725. The molecule has 0 saturated carbocycles. The molecule has 0 N–H and O–H groups in total. The van der Waals surface area contributed by atoms with Gasteiger partial charge in [-0.1, -0.05) is 5.16 Å². The van der Waals surface area contributed by atoms with Crippen molar-refractivity contribution < 1.29 is 9.26 Å². The summed E-state index contributed by atoms with van der Waals surface area (Å²) >= 11 is 1.65. The molecule has 2 rings (SSSR count). The Morgan fingerprint density at radius 2 is 2.32 bits per heavy atom. The quantitative estimate of drug-likeness (QED) is 0.781. The Morgan fingerprint density at radius 1 is 1.47 bits per heavy atom. The zero-order valence-electron chi connectivity index (χ0n) is 11.5. The van der Waals surface area contributed by atoms with Gasteiger partial charge >= 0.3 is 0 Å². The van der Waals surface area contributed by atoms with Gasteiger partial charge in [0, 0.05) is 24.6 Å². The second-order valence-corrected chi connectivity index (χ2v) is 5.32. The lowest BCUT2D eigenvalue weighted by Gasteiger charge is -2.12. The zero-order chi connectivity index (χ0) is 13.7. The Balaban J connectivity index is 1.88. The van der Waals surface area contributed by atoms with Gasteiger partial charge in [-0.3, -0.25) is 4.90 Å². The summed E-state index contributed by atoms with van der Waals surface area (Å²) in [7, 11) is 2.04. The van der Waals surface area contributed by atoms with Crippen molar-refractivity contribution in [3.8, 4) is 0 Å². The smallest absolute Gasteiger partial charge is 0.150 e. The van der Waals surface area contributed by atoms with E-state index in [4.69, 9.17) is 9.26 Å². The Hall–Kier alpha value is -1.24. The summed E-state index contributed by atoms with van der Waals surface area (Å²) in [4.78, 5) is 6.75. The fourth-order valence-corrected chi connectivity index (χ4v) is 2.64. The van der Waals surface area contributed by atoms with Crippen LogP contribution in [0, 0.1) is 0 Å². The maximum Gasteiger partial charge on any atom is 0.150 e. The predicted molar refractivity (Wildman–Crippen MR) is 73.8 cm³/mol. The molecule has 1 unspecified atom stereocenters. The van der Waals surface area contributed by atoms with Crippen LogP contribution in [0.2, 0.25) is 0 Å². The van der Waals surface area contributed by atoms with E-state index < -0.39 is 0 Å². The topological polar surface area (TPSA) is 51.4 Å². The van der Waals surface area contributed by atoms with Crippen molar-refractivity contribution in [2.24, 2.45) is 0 Å². The van der Waals surface area contributed by atoms with Crippen molar-refractivity contribution in [2.75, 3.05) is 13.7 Å². The molecular weight excluding hydrogens is 262 g/mol. The van der Waals surface area contributed by atoms with Crippen LogP contribution in [0.15, 0.2) is 22.2 Å². The molecule has 2 heterocycles. The van der Waals surface area contributed by atoms with E-state index >= 15 is 0 Å². The second-order valence-electron chi connectivity index (χ2n) is 4.43. The van der Waals surface area contributed by atoms with Gasteiger partial charge in [0.2, 0.25) is 0 Å². The lowest BCUT2D eigenvalue weighted by Crippen LogP contribution is -2.17. The van der Waals surface area contributed by atoms with E-state index in [1.807, 2.05) is 27.0 Å². The van der Waals surface area contributed by atoms with Gasteiger partial charge in [-0.15, -0.1) is 11.3 Å². The van der Waals surface area contributed by atoms with Crippen molar-refractivity contribution in [1.29, 1.82) is 0 Å². The van der Waals surface area contributed by atoms with Gasteiger partial charge < -0.3 is 9.26 Å². The van der Waals surface area contributed by atoms with Crippen LogP contribution in [0.5, 0.6) is 0 Å². The fourth-order valence-electron chi connectivity index (χ4n) is 1.83. The highest BCUT2D eigenvalue weighted by Crippen LogP contribution is 2.21. The first kappa shape index (κ1) is 14.2. The van der Waals surface area contributed by atoms with E-state index in [0.29, 0.717) is 6.61 Å². The molecule has 2 aromatic rings. The van der Waals surface area contributed by atoms with E-state index in [0.717, 1.165) is 29.6 Å². The summed E-state index contributed by atoms with van der Waals surface area (Å²) in [5, 5.41) is 6.82. The van der Waals surface area contributed by atoms with Crippen LogP contribution in [-0.2, 0) is 17.8 Å². The first-order chi connectivity index (χ1) is 9.19. The molecule has 0 aliphatic carbocycles. The molecule has 6 heteroatoms.